The molecular formula is C27H34N2O5. The fourth-order valence-electron chi connectivity index (χ4n) is 4.21. The lowest BCUT2D eigenvalue weighted by atomic mass is 9.87. The number of alkyl carbamates (subject to hydrolysis) is 1. The van der Waals surface area contributed by atoms with E-state index in [2.05, 4.69) is 22.8 Å². The van der Waals surface area contributed by atoms with Crippen LogP contribution in [0.4, 0.5) is 4.79 Å². The predicted octanol–water partition coefficient (Wildman–Crippen LogP) is 4.56. The molecule has 0 aliphatic heterocycles. The number of carbonyl (C=O) groups is 3. The molecule has 0 radical (unpaired) electrons. The smallest absolute Gasteiger partial charge is 0.407 e. The third-order valence-electron chi connectivity index (χ3n) is 7.06. The Morgan fingerprint density at radius 2 is 1.59 bits per heavy atom. The van der Waals surface area contributed by atoms with E-state index < -0.39 is 29.4 Å². The van der Waals surface area contributed by atoms with Crippen LogP contribution >= 0.6 is 0 Å². The van der Waals surface area contributed by atoms with Crippen molar-refractivity contribution >= 4 is 18.0 Å². The Balaban J connectivity index is 1.66. The number of amides is 2. The van der Waals surface area contributed by atoms with Crippen molar-refractivity contribution in [2.24, 2.45) is 11.3 Å². The number of carboxylic acid groups (broad SMARTS) is 1. The number of benzene rings is 2. The maximum absolute atomic E-state index is 12.9. The van der Waals surface area contributed by atoms with Gasteiger partial charge in [0.1, 0.15) is 12.6 Å². The largest absolute Gasteiger partial charge is 0.481 e. The van der Waals surface area contributed by atoms with Gasteiger partial charge in [-0.2, -0.15) is 0 Å². The van der Waals surface area contributed by atoms with E-state index in [0.29, 0.717) is 12.8 Å². The zero-order chi connectivity index (χ0) is 24.9. The molecule has 0 heterocycles. The van der Waals surface area contributed by atoms with Crippen LogP contribution in [0.5, 0.6) is 0 Å². The van der Waals surface area contributed by atoms with Crippen molar-refractivity contribution in [3.8, 4) is 11.1 Å². The van der Waals surface area contributed by atoms with Gasteiger partial charge in [0.05, 0.1) is 5.41 Å². The van der Waals surface area contributed by atoms with E-state index in [4.69, 9.17) is 4.74 Å². The molecule has 3 atom stereocenters. The maximum atomic E-state index is 12.9. The molecule has 0 saturated carbocycles. The summed E-state index contributed by atoms with van der Waals surface area (Å²) < 4.78 is 5.60. The number of hydrogen-bond acceptors (Lipinski definition) is 4. The second kappa shape index (κ2) is 10.7. The fraction of sp³-hybridized carbons (Fsp3) is 0.444. The Hall–Kier alpha value is -3.35. The second-order valence-corrected chi connectivity index (χ2v) is 9.27. The molecule has 3 unspecified atom stereocenters. The van der Waals surface area contributed by atoms with Crippen molar-refractivity contribution in [1.29, 1.82) is 0 Å². The van der Waals surface area contributed by atoms with E-state index in [1.165, 1.54) is 0 Å². The van der Waals surface area contributed by atoms with Gasteiger partial charge >= 0.3 is 12.1 Å². The highest BCUT2D eigenvalue weighted by Gasteiger charge is 2.34. The van der Waals surface area contributed by atoms with Gasteiger partial charge in [-0.1, -0.05) is 75.7 Å². The van der Waals surface area contributed by atoms with Gasteiger partial charge in [-0.25, -0.2) is 4.79 Å². The highest BCUT2D eigenvalue weighted by molar-refractivity contribution is 5.86. The van der Waals surface area contributed by atoms with Gasteiger partial charge in [-0.3, -0.25) is 9.59 Å². The van der Waals surface area contributed by atoms with Crippen LogP contribution in [0.15, 0.2) is 48.5 Å². The van der Waals surface area contributed by atoms with Crippen molar-refractivity contribution in [2.75, 3.05) is 13.2 Å². The maximum Gasteiger partial charge on any atom is 0.407 e. The molecular weight excluding hydrogens is 432 g/mol. The Kier molecular flexibility index (Phi) is 7.97. The topological polar surface area (TPSA) is 105 Å². The third-order valence-corrected chi connectivity index (χ3v) is 7.06. The van der Waals surface area contributed by atoms with Crippen molar-refractivity contribution in [3.63, 3.8) is 0 Å². The molecule has 34 heavy (non-hydrogen) atoms. The van der Waals surface area contributed by atoms with Gasteiger partial charge in [-0.15, -0.1) is 0 Å². The first-order valence-electron chi connectivity index (χ1n) is 11.8. The minimum absolute atomic E-state index is 0.0169. The van der Waals surface area contributed by atoms with Crippen LogP contribution in [0.1, 0.15) is 57.6 Å². The number of rotatable bonds is 10. The summed E-state index contributed by atoms with van der Waals surface area (Å²) in [5.74, 6) is -1.61. The van der Waals surface area contributed by atoms with Crippen molar-refractivity contribution in [1.82, 2.24) is 10.6 Å². The van der Waals surface area contributed by atoms with Gasteiger partial charge < -0.3 is 20.5 Å². The van der Waals surface area contributed by atoms with Gasteiger partial charge in [0.2, 0.25) is 5.91 Å². The van der Waals surface area contributed by atoms with Crippen molar-refractivity contribution < 1.29 is 24.2 Å². The summed E-state index contributed by atoms with van der Waals surface area (Å²) in [5, 5.41) is 14.9. The SMILES string of the molecule is CCC(C)C(NC(=O)OCC1c2ccccc2-c2ccccc21)C(=O)NCC(C)(CC)C(=O)O. The fourth-order valence-corrected chi connectivity index (χ4v) is 4.21. The first-order chi connectivity index (χ1) is 16.2. The normalized spacial score (nSPS) is 15.9. The monoisotopic (exact) mass is 466 g/mol. The van der Waals surface area contributed by atoms with Crippen LogP contribution in [0.25, 0.3) is 11.1 Å². The molecule has 3 rings (SSSR count). The number of fused-ring (bicyclic) bond motifs is 3. The number of ether oxygens (including phenoxy) is 1. The number of carbonyl (C=O) groups excluding carboxylic acids is 2. The van der Waals surface area contributed by atoms with E-state index >= 15 is 0 Å². The van der Waals surface area contributed by atoms with Crippen LogP contribution in [-0.2, 0) is 14.3 Å². The Bertz CT molecular complexity index is 1010. The zero-order valence-electron chi connectivity index (χ0n) is 20.3. The Labute approximate surface area is 200 Å². The van der Waals surface area contributed by atoms with Crippen molar-refractivity contribution in [2.45, 2.75) is 52.5 Å². The molecule has 2 amide bonds. The highest BCUT2D eigenvalue weighted by atomic mass is 16.5. The molecule has 3 N–H and O–H groups in total. The Morgan fingerprint density at radius 1 is 1.03 bits per heavy atom. The molecule has 0 saturated heterocycles. The number of nitrogens with one attached hydrogen (secondary N) is 2. The van der Waals surface area contributed by atoms with Crippen molar-refractivity contribution in [3.05, 3.63) is 59.7 Å². The molecule has 2 aromatic rings. The lowest BCUT2D eigenvalue weighted by molar-refractivity contribution is -0.148. The minimum Gasteiger partial charge on any atom is -0.481 e. The number of carboxylic acids is 1. The molecule has 7 nitrogen and oxygen atoms in total. The molecule has 2 aromatic carbocycles. The molecule has 0 fully saturated rings. The van der Waals surface area contributed by atoms with Crippen LogP contribution in [0.2, 0.25) is 0 Å². The summed E-state index contributed by atoms with van der Waals surface area (Å²) in [5.41, 5.74) is 3.43. The average Bonchev–Trinajstić information content (AvgIpc) is 3.17. The molecule has 1 aliphatic carbocycles. The summed E-state index contributed by atoms with van der Waals surface area (Å²) in [6.45, 7) is 7.29. The van der Waals surface area contributed by atoms with E-state index in [9.17, 15) is 19.5 Å². The third kappa shape index (κ3) is 5.24. The zero-order valence-corrected chi connectivity index (χ0v) is 20.3. The van der Waals surface area contributed by atoms with Gasteiger partial charge in [0.25, 0.3) is 0 Å². The van der Waals surface area contributed by atoms with Gasteiger partial charge in [-0.05, 0) is 41.5 Å². The van der Waals surface area contributed by atoms with Crippen LogP contribution in [0, 0.1) is 11.3 Å². The Morgan fingerprint density at radius 3 is 2.09 bits per heavy atom. The predicted molar refractivity (Wildman–Crippen MR) is 130 cm³/mol. The first-order valence-corrected chi connectivity index (χ1v) is 11.8. The highest BCUT2D eigenvalue weighted by Crippen LogP contribution is 2.44. The molecule has 7 heteroatoms. The van der Waals surface area contributed by atoms with Crippen LogP contribution in [0.3, 0.4) is 0 Å². The lowest BCUT2D eigenvalue weighted by Crippen LogP contribution is -2.52. The average molecular weight is 467 g/mol. The molecule has 182 valence electrons. The second-order valence-electron chi connectivity index (χ2n) is 9.27. The summed E-state index contributed by atoms with van der Waals surface area (Å²) in [7, 11) is 0. The van der Waals surface area contributed by atoms with Gasteiger partial charge in [0, 0.05) is 12.5 Å². The molecule has 0 bridgehead atoms. The van der Waals surface area contributed by atoms with E-state index in [-0.39, 0.29) is 25.0 Å². The first kappa shape index (κ1) is 25.3. The number of aliphatic carboxylic acids is 1. The number of hydrogen-bond donors (Lipinski definition) is 3. The van der Waals surface area contributed by atoms with E-state index in [1.807, 2.05) is 50.2 Å². The van der Waals surface area contributed by atoms with Crippen LogP contribution in [-0.4, -0.2) is 42.3 Å². The van der Waals surface area contributed by atoms with Gasteiger partial charge in [0.15, 0.2) is 0 Å². The van der Waals surface area contributed by atoms with E-state index in [0.717, 1.165) is 22.3 Å². The molecule has 0 aromatic heterocycles. The summed E-state index contributed by atoms with van der Waals surface area (Å²) in [6, 6.07) is 15.3. The molecule has 1 aliphatic rings. The summed E-state index contributed by atoms with van der Waals surface area (Å²) in [4.78, 5) is 37.1. The quantitative estimate of drug-likeness (QED) is 0.476. The standard InChI is InChI=1S/C27H34N2O5/c1-5-17(3)23(24(30)28-16-27(4,6-2)25(31)32)29-26(33)34-15-22-20-13-9-7-11-18(20)19-12-8-10-14-21(19)22/h7-14,17,22-23H,5-6,15-16H2,1-4H3,(H,28,30)(H,29,33)(H,31,32). The summed E-state index contributed by atoms with van der Waals surface area (Å²) >= 11 is 0. The lowest BCUT2D eigenvalue weighted by Gasteiger charge is -2.27. The van der Waals surface area contributed by atoms with Crippen LogP contribution < -0.4 is 10.6 Å². The van der Waals surface area contributed by atoms with E-state index in [1.54, 1.807) is 13.8 Å². The molecule has 0 spiro atoms. The minimum atomic E-state index is -1.07. The summed E-state index contributed by atoms with van der Waals surface area (Å²) in [6.07, 6.45) is 0.362.